The van der Waals surface area contributed by atoms with Gasteiger partial charge in [-0.15, -0.1) is 0 Å². The predicted octanol–water partition coefficient (Wildman–Crippen LogP) is 1.86. The Morgan fingerprint density at radius 3 is 2.90 bits per heavy atom. The number of aryl methyl sites for hydroxylation is 2. The van der Waals surface area contributed by atoms with Gasteiger partial charge in [0.05, 0.1) is 12.2 Å². The molecule has 1 aromatic heterocycles. The Labute approximate surface area is 125 Å². The Morgan fingerprint density at radius 1 is 1.43 bits per heavy atom. The number of nitriles is 1. The maximum Gasteiger partial charge on any atom is 0.232 e. The van der Waals surface area contributed by atoms with Crippen molar-refractivity contribution in [2.45, 2.75) is 44.8 Å². The van der Waals surface area contributed by atoms with Crippen molar-refractivity contribution in [3.63, 3.8) is 0 Å². The van der Waals surface area contributed by atoms with Gasteiger partial charge in [0.15, 0.2) is 0 Å². The van der Waals surface area contributed by atoms with Gasteiger partial charge < -0.3 is 14.8 Å². The topological polar surface area (TPSA) is 67.2 Å². The number of nitrogens with zero attached hydrogens (tertiary/aromatic N) is 2. The zero-order valence-corrected chi connectivity index (χ0v) is 12.6. The lowest BCUT2D eigenvalue weighted by molar-refractivity contribution is -0.0205. The summed E-state index contributed by atoms with van der Waals surface area (Å²) in [6.45, 7) is 6.41. The summed E-state index contributed by atoms with van der Waals surface area (Å²) < 4.78 is 12.0. The van der Waals surface area contributed by atoms with Crippen LogP contribution in [0.1, 0.15) is 36.1 Å². The molecule has 0 amide bonds. The molecule has 3 rings (SSSR count). The molecule has 3 heterocycles. The van der Waals surface area contributed by atoms with E-state index in [1.54, 1.807) is 0 Å². The van der Waals surface area contributed by atoms with Gasteiger partial charge in [0.1, 0.15) is 17.7 Å². The molecule has 0 aromatic carbocycles. The first-order valence-electron chi connectivity index (χ1n) is 7.52. The lowest BCUT2D eigenvalue weighted by Crippen LogP contribution is -2.41. The summed E-state index contributed by atoms with van der Waals surface area (Å²) in [5.74, 6) is 0.453. The number of rotatable bonds is 2. The van der Waals surface area contributed by atoms with E-state index in [0.29, 0.717) is 18.1 Å². The van der Waals surface area contributed by atoms with Crippen molar-refractivity contribution in [2.75, 3.05) is 19.7 Å². The summed E-state index contributed by atoms with van der Waals surface area (Å²) in [6, 6.07) is 4.11. The zero-order valence-electron chi connectivity index (χ0n) is 12.6. The number of ether oxygens (including phenoxy) is 2. The van der Waals surface area contributed by atoms with Crippen molar-refractivity contribution in [1.82, 2.24) is 10.3 Å². The SMILES string of the molecule is Cc1cc(C)c(C#N)c(OC2COC3(CCNCC3)C2)n1. The van der Waals surface area contributed by atoms with Crippen LogP contribution in [0.3, 0.4) is 0 Å². The highest BCUT2D eigenvalue weighted by molar-refractivity contribution is 5.45. The second-order valence-electron chi connectivity index (χ2n) is 6.06. The first-order chi connectivity index (χ1) is 10.1. The average Bonchev–Trinajstić information content (AvgIpc) is 2.82. The van der Waals surface area contributed by atoms with Crippen LogP contribution in [0.5, 0.6) is 5.88 Å². The number of hydrogen-bond acceptors (Lipinski definition) is 5. The van der Waals surface area contributed by atoms with E-state index < -0.39 is 0 Å². The molecule has 0 bridgehead atoms. The van der Waals surface area contributed by atoms with Crippen LogP contribution in [0.25, 0.3) is 0 Å². The first-order valence-corrected chi connectivity index (χ1v) is 7.52. The molecule has 0 radical (unpaired) electrons. The molecule has 1 aromatic rings. The Bertz CT molecular complexity index is 574. The van der Waals surface area contributed by atoms with Crippen LogP contribution in [-0.4, -0.2) is 36.4 Å². The van der Waals surface area contributed by atoms with Crippen molar-refractivity contribution in [3.05, 3.63) is 22.9 Å². The van der Waals surface area contributed by atoms with Crippen LogP contribution >= 0.6 is 0 Å². The molecule has 1 spiro atoms. The van der Waals surface area contributed by atoms with Crippen molar-refractivity contribution in [1.29, 1.82) is 5.26 Å². The van der Waals surface area contributed by atoms with Gasteiger partial charge in [-0.1, -0.05) is 0 Å². The molecule has 0 aliphatic carbocycles. The third kappa shape index (κ3) is 2.87. The molecular formula is C16H21N3O2. The van der Waals surface area contributed by atoms with Gasteiger partial charge in [0.25, 0.3) is 0 Å². The fraction of sp³-hybridized carbons (Fsp3) is 0.625. The molecule has 5 nitrogen and oxygen atoms in total. The third-order valence-corrected chi connectivity index (χ3v) is 4.39. The van der Waals surface area contributed by atoms with Crippen LogP contribution in [0.15, 0.2) is 6.07 Å². The van der Waals surface area contributed by atoms with Crippen molar-refractivity contribution in [2.24, 2.45) is 0 Å². The van der Waals surface area contributed by atoms with Crippen LogP contribution in [0, 0.1) is 25.2 Å². The standard InChI is InChI=1S/C16H21N3O2/c1-11-7-12(2)19-15(14(11)9-17)21-13-8-16(20-10-13)3-5-18-6-4-16/h7,13,18H,3-6,8,10H2,1-2H3. The molecule has 1 unspecified atom stereocenters. The fourth-order valence-corrected chi connectivity index (χ4v) is 3.29. The largest absolute Gasteiger partial charge is 0.471 e. The minimum absolute atomic E-state index is 0.0103. The molecule has 1 N–H and O–H groups in total. The normalized spacial score (nSPS) is 24.0. The Morgan fingerprint density at radius 2 is 2.19 bits per heavy atom. The Hall–Kier alpha value is -1.64. The Kier molecular flexibility index (Phi) is 3.83. The molecule has 2 fully saturated rings. The lowest BCUT2D eigenvalue weighted by atomic mass is 9.89. The van der Waals surface area contributed by atoms with Crippen LogP contribution in [-0.2, 0) is 4.74 Å². The highest BCUT2D eigenvalue weighted by Gasteiger charge is 2.42. The maximum absolute atomic E-state index is 9.30. The van der Waals surface area contributed by atoms with E-state index in [-0.39, 0.29) is 11.7 Å². The van der Waals surface area contributed by atoms with Gasteiger partial charge in [-0.3, -0.25) is 0 Å². The summed E-state index contributed by atoms with van der Waals surface area (Å²) in [7, 11) is 0. The smallest absolute Gasteiger partial charge is 0.232 e. The van der Waals surface area contributed by atoms with Gasteiger partial charge in [-0.05, 0) is 51.4 Å². The van der Waals surface area contributed by atoms with Gasteiger partial charge in [0, 0.05) is 12.1 Å². The van der Waals surface area contributed by atoms with Gasteiger partial charge in [-0.25, -0.2) is 4.98 Å². The van der Waals surface area contributed by atoms with Crippen molar-refractivity contribution < 1.29 is 9.47 Å². The van der Waals surface area contributed by atoms with E-state index in [2.05, 4.69) is 16.4 Å². The molecule has 1 atom stereocenters. The third-order valence-electron chi connectivity index (χ3n) is 4.39. The summed E-state index contributed by atoms with van der Waals surface area (Å²) in [5.41, 5.74) is 2.28. The summed E-state index contributed by atoms with van der Waals surface area (Å²) >= 11 is 0. The molecule has 0 saturated carbocycles. The predicted molar refractivity (Wildman–Crippen MR) is 78.2 cm³/mol. The van der Waals surface area contributed by atoms with E-state index in [1.165, 1.54) is 0 Å². The molecule has 2 aliphatic heterocycles. The zero-order chi connectivity index (χ0) is 14.9. The highest BCUT2D eigenvalue weighted by atomic mass is 16.6. The fourth-order valence-electron chi connectivity index (χ4n) is 3.29. The van der Waals surface area contributed by atoms with Crippen molar-refractivity contribution >= 4 is 0 Å². The van der Waals surface area contributed by atoms with Gasteiger partial charge in [-0.2, -0.15) is 5.26 Å². The first kappa shape index (κ1) is 14.3. The van der Waals surface area contributed by atoms with Gasteiger partial charge in [0.2, 0.25) is 5.88 Å². The number of aromatic nitrogens is 1. The quantitative estimate of drug-likeness (QED) is 0.899. The molecule has 2 aliphatic rings. The summed E-state index contributed by atoms with van der Waals surface area (Å²) in [6.07, 6.45) is 2.92. The number of piperidine rings is 1. The number of nitrogens with one attached hydrogen (secondary N) is 1. The number of pyridine rings is 1. The maximum atomic E-state index is 9.30. The molecule has 21 heavy (non-hydrogen) atoms. The molecular weight excluding hydrogens is 266 g/mol. The average molecular weight is 287 g/mol. The minimum atomic E-state index is -0.0401. The molecule has 5 heteroatoms. The van der Waals surface area contributed by atoms with E-state index in [1.807, 2.05) is 19.9 Å². The Balaban J connectivity index is 1.75. The van der Waals surface area contributed by atoms with E-state index >= 15 is 0 Å². The summed E-state index contributed by atoms with van der Waals surface area (Å²) in [4.78, 5) is 4.39. The van der Waals surface area contributed by atoms with Crippen LogP contribution in [0.2, 0.25) is 0 Å². The van der Waals surface area contributed by atoms with Gasteiger partial charge >= 0.3 is 0 Å². The molecule has 2 saturated heterocycles. The monoisotopic (exact) mass is 287 g/mol. The number of hydrogen-bond donors (Lipinski definition) is 1. The molecule has 112 valence electrons. The van der Waals surface area contributed by atoms with E-state index in [4.69, 9.17) is 9.47 Å². The second-order valence-corrected chi connectivity index (χ2v) is 6.06. The lowest BCUT2D eigenvalue weighted by Gasteiger charge is -2.32. The van der Waals surface area contributed by atoms with Crippen LogP contribution in [0.4, 0.5) is 0 Å². The minimum Gasteiger partial charge on any atom is -0.471 e. The van der Waals surface area contributed by atoms with E-state index in [9.17, 15) is 5.26 Å². The van der Waals surface area contributed by atoms with Crippen LogP contribution < -0.4 is 10.1 Å². The second kappa shape index (κ2) is 5.63. The highest BCUT2D eigenvalue weighted by Crippen LogP contribution is 2.36. The van der Waals surface area contributed by atoms with Crippen molar-refractivity contribution in [3.8, 4) is 11.9 Å². The summed E-state index contributed by atoms with van der Waals surface area (Å²) in [5, 5.41) is 12.7. The van der Waals surface area contributed by atoms with E-state index in [0.717, 1.165) is 43.6 Å².